The summed E-state index contributed by atoms with van der Waals surface area (Å²) in [5.41, 5.74) is 2.96. The Bertz CT molecular complexity index is 1110. The number of halogens is 1. The molecule has 2 aromatic carbocycles. The Balaban J connectivity index is 0.00000245. The van der Waals surface area contributed by atoms with Crippen molar-refractivity contribution in [1.29, 1.82) is 0 Å². The van der Waals surface area contributed by atoms with E-state index in [1.807, 2.05) is 34.9 Å². The molecule has 5 rings (SSSR count). The Labute approximate surface area is 193 Å². The van der Waals surface area contributed by atoms with Gasteiger partial charge in [0.15, 0.2) is 11.5 Å². The van der Waals surface area contributed by atoms with Crippen molar-refractivity contribution in [3.05, 3.63) is 64.6 Å². The number of piperidine rings is 1. The topological polar surface area (TPSA) is 68.6 Å². The molecule has 0 radical (unpaired) electrons. The number of ether oxygens (including phenoxy) is 2. The maximum absolute atomic E-state index is 12.3. The van der Waals surface area contributed by atoms with Crippen molar-refractivity contribution >= 4 is 23.4 Å². The fourth-order valence-electron chi connectivity index (χ4n) is 4.41. The maximum atomic E-state index is 12.3. The Morgan fingerprint density at radius 2 is 1.78 bits per heavy atom. The minimum Gasteiger partial charge on any atom is -0.486 e. The van der Waals surface area contributed by atoms with Crippen LogP contribution >= 0.6 is 12.4 Å². The van der Waals surface area contributed by atoms with Crippen LogP contribution in [0.4, 0.5) is 0 Å². The fraction of sp³-hybridized carbons (Fsp3) is 0.417. The highest BCUT2D eigenvalue weighted by Gasteiger charge is 2.19. The van der Waals surface area contributed by atoms with Crippen molar-refractivity contribution in [1.82, 2.24) is 19.8 Å². The molecule has 0 saturated carbocycles. The number of benzene rings is 2. The molecule has 0 amide bonds. The smallest absolute Gasteiger partial charge is 0.269 e. The summed E-state index contributed by atoms with van der Waals surface area (Å²) in [7, 11) is 0. The lowest BCUT2D eigenvalue weighted by Crippen LogP contribution is -2.43. The molecule has 0 atom stereocenters. The van der Waals surface area contributed by atoms with Gasteiger partial charge in [-0.25, -0.2) is 4.98 Å². The van der Waals surface area contributed by atoms with Crippen LogP contribution in [0.15, 0.2) is 53.5 Å². The number of nitrogens with one attached hydrogen (secondary N) is 1. The van der Waals surface area contributed by atoms with E-state index in [-0.39, 0.29) is 18.0 Å². The number of hydrogen-bond acceptors (Lipinski definition) is 6. The molecule has 32 heavy (non-hydrogen) atoms. The van der Waals surface area contributed by atoms with E-state index in [9.17, 15) is 4.79 Å². The molecular weight excluding hydrogens is 428 g/mol. The summed E-state index contributed by atoms with van der Waals surface area (Å²) in [6, 6.07) is 14.5. The average molecular weight is 457 g/mol. The van der Waals surface area contributed by atoms with Crippen molar-refractivity contribution in [3.63, 3.8) is 0 Å². The van der Waals surface area contributed by atoms with Gasteiger partial charge in [-0.05, 0) is 55.8 Å². The van der Waals surface area contributed by atoms with Crippen LogP contribution in [-0.4, -0.2) is 53.3 Å². The monoisotopic (exact) mass is 456 g/mol. The molecule has 1 saturated heterocycles. The second-order valence-corrected chi connectivity index (χ2v) is 8.21. The minimum atomic E-state index is -0.0327. The first-order valence-corrected chi connectivity index (χ1v) is 11.0. The van der Waals surface area contributed by atoms with Crippen molar-refractivity contribution in [2.45, 2.75) is 32.0 Å². The third kappa shape index (κ3) is 5.06. The highest BCUT2D eigenvalue weighted by molar-refractivity contribution is 5.85. The van der Waals surface area contributed by atoms with Crippen molar-refractivity contribution in [3.8, 4) is 11.5 Å². The normalized spacial score (nSPS) is 16.6. The minimum absolute atomic E-state index is 0. The Morgan fingerprint density at radius 3 is 2.62 bits per heavy atom. The van der Waals surface area contributed by atoms with E-state index in [4.69, 9.17) is 9.47 Å². The molecule has 8 heteroatoms. The highest BCUT2D eigenvalue weighted by atomic mass is 35.5. The average Bonchev–Trinajstić information content (AvgIpc) is 2.82. The molecule has 0 unspecified atom stereocenters. The zero-order valence-electron chi connectivity index (χ0n) is 18.0. The van der Waals surface area contributed by atoms with Gasteiger partial charge in [0, 0.05) is 25.7 Å². The second-order valence-electron chi connectivity index (χ2n) is 8.21. The van der Waals surface area contributed by atoms with Crippen LogP contribution < -0.4 is 20.3 Å². The van der Waals surface area contributed by atoms with E-state index in [1.54, 1.807) is 0 Å². The lowest BCUT2D eigenvalue weighted by Gasteiger charge is -2.32. The van der Waals surface area contributed by atoms with Crippen molar-refractivity contribution in [2.24, 2.45) is 0 Å². The molecule has 3 aromatic rings. The molecule has 0 spiro atoms. The number of nitrogens with zero attached hydrogens (tertiary/aromatic N) is 3. The van der Waals surface area contributed by atoms with E-state index in [2.05, 4.69) is 27.3 Å². The molecule has 0 bridgehead atoms. The quantitative estimate of drug-likeness (QED) is 0.615. The van der Waals surface area contributed by atoms with Gasteiger partial charge in [-0.2, -0.15) is 0 Å². The summed E-state index contributed by atoms with van der Waals surface area (Å²) < 4.78 is 13.1. The van der Waals surface area contributed by atoms with Gasteiger partial charge >= 0.3 is 0 Å². The first kappa shape index (κ1) is 22.6. The van der Waals surface area contributed by atoms with Crippen LogP contribution in [0.1, 0.15) is 18.4 Å². The first-order chi connectivity index (χ1) is 15.3. The fourth-order valence-corrected chi connectivity index (χ4v) is 4.41. The predicted octanol–water partition coefficient (Wildman–Crippen LogP) is 2.84. The highest BCUT2D eigenvalue weighted by Crippen LogP contribution is 2.30. The Kier molecular flexibility index (Phi) is 7.29. The van der Waals surface area contributed by atoms with Gasteiger partial charge in [0.1, 0.15) is 13.2 Å². The number of aromatic nitrogens is 2. The molecule has 7 nitrogen and oxygen atoms in total. The summed E-state index contributed by atoms with van der Waals surface area (Å²) in [5, 5.41) is 3.69. The summed E-state index contributed by atoms with van der Waals surface area (Å²) in [5.74, 6) is 1.68. The van der Waals surface area contributed by atoms with E-state index in [0.29, 0.717) is 25.8 Å². The second kappa shape index (κ2) is 10.3. The zero-order valence-corrected chi connectivity index (χ0v) is 18.9. The molecule has 2 aliphatic rings. The van der Waals surface area contributed by atoms with Crippen LogP contribution in [0.25, 0.3) is 11.0 Å². The van der Waals surface area contributed by atoms with E-state index in [0.717, 1.165) is 61.6 Å². The number of hydrogen-bond donors (Lipinski definition) is 1. The summed E-state index contributed by atoms with van der Waals surface area (Å²) in [6.45, 7) is 5.71. The first-order valence-electron chi connectivity index (χ1n) is 11.0. The Morgan fingerprint density at radius 1 is 1.00 bits per heavy atom. The molecule has 170 valence electrons. The van der Waals surface area contributed by atoms with Gasteiger partial charge in [-0.3, -0.25) is 4.79 Å². The van der Waals surface area contributed by atoms with Crippen LogP contribution in [0.2, 0.25) is 0 Å². The lowest BCUT2D eigenvalue weighted by atomic mass is 10.0. The predicted molar refractivity (Wildman–Crippen MR) is 127 cm³/mol. The van der Waals surface area contributed by atoms with Crippen LogP contribution in [-0.2, 0) is 13.1 Å². The summed E-state index contributed by atoms with van der Waals surface area (Å²) >= 11 is 0. The molecule has 0 aliphatic carbocycles. The molecule has 1 N–H and O–H groups in total. The van der Waals surface area contributed by atoms with Gasteiger partial charge in [-0.15, -0.1) is 12.4 Å². The number of likely N-dealkylation sites (tertiary alicyclic amines) is 1. The standard InChI is InChI=1S/C24H28N4O3.ClH/c29-24-17-26-20-3-1-2-4-21(20)28(24)12-11-27-9-7-19(8-10-27)25-16-18-5-6-22-23(15-18)31-14-13-30-22;/h1-6,15,17,19,25H,7-14,16H2;1H. The van der Waals surface area contributed by atoms with Gasteiger partial charge in [0.05, 0.1) is 17.2 Å². The third-order valence-corrected chi connectivity index (χ3v) is 6.18. The number of rotatable bonds is 6. The summed E-state index contributed by atoms with van der Waals surface area (Å²) in [6.07, 6.45) is 3.64. The summed E-state index contributed by atoms with van der Waals surface area (Å²) in [4.78, 5) is 19.0. The number of para-hydroxylation sites is 2. The van der Waals surface area contributed by atoms with E-state index >= 15 is 0 Å². The van der Waals surface area contributed by atoms with E-state index < -0.39 is 0 Å². The van der Waals surface area contributed by atoms with Gasteiger partial charge in [0.25, 0.3) is 5.56 Å². The van der Waals surface area contributed by atoms with Crippen molar-refractivity contribution < 1.29 is 9.47 Å². The molecule has 2 aliphatic heterocycles. The third-order valence-electron chi connectivity index (χ3n) is 6.18. The molecule has 3 heterocycles. The zero-order chi connectivity index (χ0) is 21.0. The number of fused-ring (bicyclic) bond motifs is 2. The molecule has 1 aromatic heterocycles. The lowest BCUT2D eigenvalue weighted by molar-refractivity contribution is 0.171. The largest absolute Gasteiger partial charge is 0.486 e. The molecular formula is C24H29ClN4O3. The SMILES string of the molecule is Cl.O=c1cnc2ccccc2n1CCN1CCC(NCc2ccc3c(c2)OCCO3)CC1. The van der Waals surface area contributed by atoms with Crippen LogP contribution in [0, 0.1) is 0 Å². The van der Waals surface area contributed by atoms with Gasteiger partial charge in [-0.1, -0.05) is 18.2 Å². The van der Waals surface area contributed by atoms with Crippen molar-refractivity contribution in [2.75, 3.05) is 32.8 Å². The van der Waals surface area contributed by atoms with Crippen LogP contribution in [0.5, 0.6) is 11.5 Å². The van der Waals surface area contributed by atoms with E-state index in [1.165, 1.54) is 11.8 Å². The van der Waals surface area contributed by atoms with Crippen LogP contribution in [0.3, 0.4) is 0 Å². The molecule has 1 fully saturated rings. The van der Waals surface area contributed by atoms with Gasteiger partial charge < -0.3 is 24.3 Å². The van der Waals surface area contributed by atoms with Gasteiger partial charge in [0.2, 0.25) is 0 Å². The maximum Gasteiger partial charge on any atom is 0.269 e. The Hall–Kier alpha value is -2.61.